The Balaban J connectivity index is 2.48. The summed E-state index contributed by atoms with van der Waals surface area (Å²) in [6.45, 7) is 2.01. The van der Waals surface area contributed by atoms with Crippen LogP contribution in [0.4, 0.5) is 5.69 Å². The lowest BCUT2D eigenvalue weighted by Gasteiger charge is -2.05. The number of likely N-dealkylation sites (N-methyl/N-ethyl adjacent to an activating group) is 1. The quantitative estimate of drug-likeness (QED) is 0.675. The summed E-state index contributed by atoms with van der Waals surface area (Å²) < 4.78 is 0. The molecule has 1 aliphatic heterocycles. The summed E-state index contributed by atoms with van der Waals surface area (Å²) in [6.07, 6.45) is 0. The van der Waals surface area contributed by atoms with Crippen molar-refractivity contribution in [3.63, 3.8) is 0 Å². The van der Waals surface area contributed by atoms with E-state index in [-0.39, 0.29) is 11.9 Å². The number of anilines is 1. The maximum Gasteiger partial charge on any atom is 0.246 e. The molecule has 0 saturated carbocycles. The Bertz CT molecular complexity index is 360. The number of carbonyl (C=O) groups is 1. The van der Waals surface area contributed by atoms with Gasteiger partial charge in [-0.1, -0.05) is 12.1 Å². The van der Waals surface area contributed by atoms with Crippen molar-refractivity contribution >= 4 is 11.6 Å². The molecule has 1 aliphatic rings. The van der Waals surface area contributed by atoms with E-state index in [1.165, 1.54) is 0 Å². The van der Waals surface area contributed by atoms with E-state index < -0.39 is 0 Å². The second-order valence-corrected chi connectivity index (χ2v) is 3.30. The van der Waals surface area contributed by atoms with Gasteiger partial charge in [0, 0.05) is 11.3 Å². The standard InChI is InChI=1S/C10H12N2O/c1-6-3-4-7-8(5-6)12-10(13)9(7)11-2/h3-5,9,11H,1-2H3,(H,12,13). The number of benzene rings is 1. The maximum atomic E-state index is 11.4. The second-order valence-electron chi connectivity index (χ2n) is 3.30. The highest BCUT2D eigenvalue weighted by Gasteiger charge is 2.28. The SMILES string of the molecule is CNC1C(=O)Nc2cc(C)ccc21. The second kappa shape index (κ2) is 2.85. The number of fused-ring (bicyclic) bond motifs is 1. The van der Waals surface area contributed by atoms with Crippen LogP contribution < -0.4 is 10.6 Å². The van der Waals surface area contributed by atoms with Gasteiger partial charge in [0.2, 0.25) is 5.91 Å². The first kappa shape index (κ1) is 8.26. The molecular formula is C10H12N2O. The van der Waals surface area contributed by atoms with Crippen molar-refractivity contribution in [2.75, 3.05) is 12.4 Å². The molecule has 1 unspecified atom stereocenters. The molecule has 0 bridgehead atoms. The van der Waals surface area contributed by atoms with E-state index in [0.29, 0.717) is 0 Å². The fraction of sp³-hybridized carbons (Fsp3) is 0.300. The van der Waals surface area contributed by atoms with Crippen molar-refractivity contribution in [1.29, 1.82) is 0 Å². The Morgan fingerprint density at radius 3 is 2.92 bits per heavy atom. The fourth-order valence-electron chi connectivity index (χ4n) is 1.66. The van der Waals surface area contributed by atoms with Crippen LogP contribution in [0.15, 0.2) is 18.2 Å². The van der Waals surface area contributed by atoms with Crippen LogP contribution in [0, 0.1) is 6.92 Å². The molecule has 2 rings (SSSR count). The summed E-state index contributed by atoms with van der Waals surface area (Å²) in [5.41, 5.74) is 3.14. The van der Waals surface area contributed by atoms with Crippen LogP contribution >= 0.6 is 0 Å². The van der Waals surface area contributed by atoms with Gasteiger partial charge in [-0.15, -0.1) is 0 Å². The first-order valence-corrected chi connectivity index (χ1v) is 4.31. The van der Waals surface area contributed by atoms with Crippen molar-refractivity contribution < 1.29 is 4.79 Å². The highest BCUT2D eigenvalue weighted by Crippen LogP contribution is 2.30. The van der Waals surface area contributed by atoms with E-state index in [4.69, 9.17) is 0 Å². The van der Waals surface area contributed by atoms with Crippen molar-refractivity contribution in [1.82, 2.24) is 5.32 Å². The molecule has 0 spiro atoms. The van der Waals surface area contributed by atoms with Gasteiger partial charge in [-0.2, -0.15) is 0 Å². The van der Waals surface area contributed by atoms with Crippen molar-refractivity contribution in [3.8, 4) is 0 Å². The van der Waals surface area contributed by atoms with Gasteiger partial charge in [-0.3, -0.25) is 4.79 Å². The van der Waals surface area contributed by atoms with E-state index in [2.05, 4.69) is 10.6 Å². The zero-order valence-electron chi connectivity index (χ0n) is 7.72. The van der Waals surface area contributed by atoms with Crippen LogP contribution in [0.1, 0.15) is 17.2 Å². The van der Waals surface area contributed by atoms with E-state index in [9.17, 15) is 4.79 Å². The predicted molar refractivity (Wildman–Crippen MR) is 51.6 cm³/mol. The number of nitrogens with one attached hydrogen (secondary N) is 2. The number of carbonyl (C=O) groups excluding carboxylic acids is 1. The summed E-state index contributed by atoms with van der Waals surface area (Å²) >= 11 is 0. The molecule has 13 heavy (non-hydrogen) atoms. The van der Waals surface area contributed by atoms with Crippen molar-refractivity contribution in [2.45, 2.75) is 13.0 Å². The highest BCUT2D eigenvalue weighted by atomic mass is 16.2. The molecule has 0 aromatic heterocycles. The van der Waals surface area contributed by atoms with Crippen LogP contribution in [0.3, 0.4) is 0 Å². The molecule has 3 nitrogen and oxygen atoms in total. The van der Waals surface area contributed by atoms with Gasteiger partial charge in [-0.05, 0) is 25.6 Å². The van der Waals surface area contributed by atoms with E-state index in [0.717, 1.165) is 16.8 Å². The lowest BCUT2D eigenvalue weighted by Crippen LogP contribution is -2.23. The first-order valence-electron chi connectivity index (χ1n) is 4.31. The third-order valence-electron chi connectivity index (χ3n) is 2.33. The predicted octanol–water partition coefficient (Wildman–Crippen LogP) is 1.21. The van der Waals surface area contributed by atoms with Gasteiger partial charge in [0.1, 0.15) is 6.04 Å². The molecule has 0 saturated heterocycles. The van der Waals surface area contributed by atoms with Gasteiger partial charge in [0.25, 0.3) is 0 Å². The monoisotopic (exact) mass is 176 g/mol. The number of aryl methyl sites for hydroxylation is 1. The largest absolute Gasteiger partial charge is 0.324 e. The molecule has 0 fully saturated rings. The maximum absolute atomic E-state index is 11.4. The molecule has 3 heteroatoms. The molecule has 1 atom stereocenters. The molecule has 1 amide bonds. The average molecular weight is 176 g/mol. The molecule has 1 heterocycles. The van der Waals surface area contributed by atoms with Gasteiger partial charge in [0.15, 0.2) is 0 Å². The minimum Gasteiger partial charge on any atom is -0.324 e. The number of amides is 1. The summed E-state index contributed by atoms with van der Waals surface area (Å²) in [5, 5.41) is 5.82. The number of hydrogen-bond acceptors (Lipinski definition) is 2. The van der Waals surface area contributed by atoms with Crippen LogP contribution in [0.25, 0.3) is 0 Å². The Labute approximate surface area is 77.1 Å². The van der Waals surface area contributed by atoms with Crippen molar-refractivity contribution in [3.05, 3.63) is 29.3 Å². The fourth-order valence-corrected chi connectivity index (χ4v) is 1.66. The van der Waals surface area contributed by atoms with E-state index in [1.54, 1.807) is 7.05 Å². The molecule has 1 aromatic rings. The van der Waals surface area contributed by atoms with Crippen LogP contribution in [-0.2, 0) is 4.79 Å². The van der Waals surface area contributed by atoms with Crippen LogP contribution in [-0.4, -0.2) is 13.0 Å². The summed E-state index contributed by atoms with van der Waals surface area (Å²) in [6, 6.07) is 5.81. The Morgan fingerprint density at radius 2 is 2.23 bits per heavy atom. The summed E-state index contributed by atoms with van der Waals surface area (Å²) in [4.78, 5) is 11.4. The third-order valence-corrected chi connectivity index (χ3v) is 2.33. The lowest BCUT2D eigenvalue weighted by atomic mass is 10.1. The smallest absolute Gasteiger partial charge is 0.246 e. The molecule has 0 aliphatic carbocycles. The average Bonchev–Trinajstić information content (AvgIpc) is 2.39. The topological polar surface area (TPSA) is 41.1 Å². The first-order chi connectivity index (χ1) is 6.22. The Morgan fingerprint density at radius 1 is 1.46 bits per heavy atom. The minimum absolute atomic E-state index is 0.0306. The van der Waals surface area contributed by atoms with E-state index >= 15 is 0 Å². The lowest BCUT2D eigenvalue weighted by molar-refractivity contribution is -0.117. The summed E-state index contributed by atoms with van der Waals surface area (Å²) in [7, 11) is 1.79. The molecule has 68 valence electrons. The van der Waals surface area contributed by atoms with Gasteiger partial charge >= 0.3 is 0 Å². The van der Waals surface area contributed by atoms with Gasteiger partial charge in [-0.25, -0.2) is 0 Å². The Kier molecular flexibility index (Phi) is 1.81. The third kappa shape index (κ3) is 1.21. The minimum atomic E-state index is -0.185. The van der Waals surface area contributed by atoms with Crippen LogP contribution in [0.2, 0.25) is 0 Å². The van der Waals surface area contributed by atoms with Crippen molar-refractivity contribution in [2.24, 2.45) is 0 Å². The number of hydrogen-bond donors (Lipinski definition) is 2. The molecule has 2 N–H and O–H groups in total. The normalized spacial score (nSPS) is 19.8. The molecule has 1 aromatic carbocycles. The van der Waals surface area contributed by atoms with Gasteiger partial charge < -0.3 is 10.6 Å². The zero-order chi connectivity index (χ0) is 9.42. The number of rotatable bonds is 1. The molecule has 0 radical (unpaired) electrons. The van der Waals surface area contributed by atoms with E-state index in [1.807, 2.05) is 25.1 Å². The zero-order valence-corrected chi connectivity index (χ0v) is 7.72. The summed E-state index contributed by atoms with van der Waals surface area (Å²) in [5.74, 6) is 0.0306. The Hall–Kier alpha value is -1.35. The van der Waals surface area contributed by atoms with Crippen LogP contribution in [0.5, 0.6) is 0 Å². The highest BCUT2D eigenvalue weighted by molar-refractivity contribution is 6.02. The molecular weight excluding hydrogens is 164 g/mol. The van der Waals surface area contributed by atoms with Gasteiger partial charge in [0.05, 0.1) is 0 Å².